The fraction of sp³-hybridized carbons (Fsp3) is 0.556. The van der Waals surface area contributed by atoms with Crippen molar-refractivity contribution in [3.63, 3.8) is 0 Å². The van der Waals surface area contributed by atoms with Crippen molar-refractivity contribution >= 4 is 15.4 Å². The van der Waals surface area contributed by atoms with Crippen LogP contribution in [0.15, 0.2) is 17.1 Å². The van der Waals surface area contributed by atoms with E-state index in [0.29, 0.717) is 0 Å². The second kappa shape index (κ2) is 4.76. The molecule has 0 bridgehead atoms. The monoisotopic (exact) mass is 304 g/mol. The van der Waals surface area contributed by atoms with Crippen molar-refractivity contribution in [2.24, 2.45) is 0 Å². The van der Waals surface area contributed by atoms with Crippen LogP contribution in [0.25, 0.3) is 0 Å². The van der Waals surface area contributed by atoms with Crippen LogP contribution in [0.2, 0.25) is 0 Å². The van der Waals surface area contributed by atoms with Crippen molar-refractivity contribution in [3.05, 3.63) is 22.7 Å². The average Bonchev–Trinajstić information content (AvgIpc) is 2.66. The number of hydrogen-bond donors (Lipinski definition) is 3. The van der Waals surface area contributed by atoms with E-state index < -0.39 is 43.9 Å². The van der Waals surface area contributed by atoms with Crippen molar-refractivity contribution in [1.82, 2.24) is 9.55 Å². The fourth-order valence-corrected chi connectivity index (χ4v) is 3.69. The maximum atomic E-state index is 11.7. The Bertz CT molecular complexity index is 582. The number of aliphatic hydroxyl groups excluding tert-OH is 1. The summed E-state index contributed by atoms with van der Waals surface area (Å²) in [4.78, 5) is 24.9. The summed E-state index contributed by atoms with van der Waals surface area (Å²) in [6.07, 6.45) is -2.23. The molecule has 2 aliphatic heterocycles. The molecule has 3 rings (SSSR count). The van der Waals surface area contributed by atoms with Crippen LogP contribution >= 0.6 is 7.82 Å². The van der Waals surface area contributed by atoms with Gasteiger partial charge in [-0.3, -0.25) is 0 Å². The third-order valence-electron chi connectivity index (χ3n) is 3.27. The van der Waals surface area contributed by atoms with Gasteiger partial charge in [0.2, 0.25) is 0 Å². The van der Waals surface area contributed by atoms with Gasteiger partial charge in [0, 0.05) is 0 Å². The van der Waals surface area contributed by atoms with Crippen LogP contribution in [0, 0.1) is 0 Å². The Kier molecular flexibility index (Phi) is 3.32. The van der Waals surface area contributed by atoms with E-state index in [4.69, 9.17) is 18.9 Å². The Morgan fingerprint density at radius 1 is 1.55 bits per heavy atom. The topological polar surface area (TPSA) is 123 Å². The molecule has 11 heteroatoms. The molecule has 0 saturated carbocycles. The fourth-order valence-electron chi connectivity index (χ4n) is 2.35. The van der Waals surface area contributed by atoms with Crippen molar-refractivity contribution in [3.8, 4) is 5.88 Å². The molecule has 4 atom stereocenters. The molecule has 0 amide bonds. The molecule has 3 N–H and O–H groups in total. The third-order valence-corrected chi connectivity index (χ3v) is 4.68. The molecule has 1 unspecified atom stereocenters. The van der Waals surface area contributed by atoms with Crippen LogP contribution in [0.1, 0.15) is 6.23 Å². The molecule has 9 nitrogen and oxygen atoms in total. The predicted octanol–water partition coefficient (Wildman–Crippen LogP) is -2.34. The van der Waals surface area contributed by atoms with Crippen LogP contribution in [-0.4, -0.2) is 57.1 Å². The summed E-state index contributed by atoms with van der Waals surface area (Å²) in [6.45, 7) is 0.0811. The second-order valence-electron chi connectivity index (χ2n) is 4.82. The Labute approximate surface area is 114 Å². The zero-order valence-electron chi connectivity index (χ0n) is 10.5. The first-order chi connectivity index (χ1) is 9.37. The Balaban J connectivity index is 1.88. The molecular weight excluding hydrogens is 290 g/mol. The molecule has 110 valence electrons. The van der Waals surface area contributed by atoms with Crippen molar-refractivity contribution in [2.75, 3.05) is 6.61 Å². The van der Waals surface area contributed by atoms with E-state index in [-0.39, 0.29) is 6.61 Å². The van der Waals surface area contributed by atoms with E-state index in [1.165, 1.54) is 19.8 Å². The molecule has 2 fully saturated rings. The van der Waals surface area contributed by atoms with E-state index in [2.05, 4.69) is 4.98 Å². The predicted molar refractivity (Wildman–Crippen MR) is 70.0 cm³/mol. The van der Waals surface area contributed by atoms with Gasteiger partial charge in [0.1, 0.15) is 0 Å². The van der Waals surface area contributed by atoms with Crippen molar-refractivity contribution in [1.29, 1.82) is 0 Å². The molecule has 0 radical (unpaired) electrons. The number of aromatic hydroxyl groups is 1. The molecule has 2 aliphatic rings. The maximum absolute atomic E-state index is 11.7. The van der Waals surface area contributed by atoms with Gasteiger partial charge in [-0.15, -0.1) is 0 Å². The number of fused-ring (bicyclic) bond motifs is 1. The Morgan fingerprint density at radius 3 is 3.00 bits per heavy atom. The van der Waals surface area contributed by atoms with E-state index in [1.807, 2.05) is 0 Å². The van der Waals surface area contributed by atoms with Crippen LogP contribution < -0.4 is 5.69 Å². The molecule has 1 aromatic heterocycles. The number of aliphatic hydroxyl groups is 1. The minimum absolute atomic E-state index is 0.0811. The zero-order chi connectivity index (χ0) is 14.5. The molecule has 2 saturated heterocycles. The van der Waals surface area contributed by atoms with Gasteiger partial charge in [-0.1, -0.05) is 0 Å². The Hall–Kier alpha value is -1.03. The molecule has 1 aromatic rings. The van der Waals surface area contributed by atoms with Crippen LogP contribution in [-0.2, 0) is 13.8 Å². The second-order valence-corrected chi connectivity index (χ2v) is 7.14. The standard InChI is InChI=1S/C9H14BN2O7P/c10-20(16)17-3-4-7(19-20)6(14)8(18-4)12-2-1-5(13)11-9(12)15/h1-2,4,6-8,14,16,20H,3,10H2,(H,11,13,15)/t4-,6?,7-,8-/m1/s1. The van der Waals surface area contributed by atoms with Gasteiger partial charge in [-0.05, 0) is 0 Å². The number of ether oxygens (including phenoxy) is 1. The third kappa shape index (κ3) is 2.35. The van der Waals surface area contributed by atoms with Gasteiger partial charge in [0.15, 0.2) is 0 Å². The van der Waals surface area contributed by atoms with Gasteiger partial charge in [0.25, 0.3) is 0 Å². The zero-order valence-corrected chi connectivity index (χ0v) is 11.5. The summed E-state index contributed by atoms with van der Waals surface area (Å²) >= 11 is 0. The number of nitrogens with zero attached hydrogens (tertiary/aromatic N) is 2. The molecule has 20 heavy (non-hydrogen) atoms. The molecule has 0 aliphatic carbocycles. The molecule has 0 spiro atoms. The molecule has 3 heterocycles. The normalized spacial score (nSPS) is 37.3. The first-order valence-corrected chi connectivity index (χ1v) is 8.29. The van der Waals surface area contributed by atoms with Crippen LogP contribution in [0.4, 0.5) is 0 Å². The number of hydrogen-bond acceptors (Lipinski definition) is 8. The van der Waals surface area contributed by atoms with Crippen LogP contribution in [0.3, 0.4) is 0 Å². The van der Waals surface area contributed by atoms with Crippen LogP contribution in [0.5, 0.6) is 5.88 Å². The van der Waals surface area contributed by atoms with E-state index in [1.54, 1.807) is 0 Å². The van der Waals surface area contributed by atoms with Gasteiger partial charge in [0.05, 0.1) is 0 Å². The van der Waals surface area contributed by atoms with Crippen molar-refractivity contribution in [2.45, 2.75) is 24.5 Å². The Morgan fingerprint density at radius 2 is 2.30 bits per heavy atom. The van der Waals surface area contributed by atoms with Gasteiger partial charge in [-0.2, -0.15) is 0 Å². The van der Waals surface area contributed by atoms with E-state index >= 15 is 0 Å². The summed E-state index contributed by atoms with van der Waals surface area (Å²) in [7, 11) is -1.81. The quantitative estimate of drug-likeness (QED) is 0.389. The summed E-state index contributed by atoms with van der Waals surface area (Å²) in [6, 6.07) is 1.21. The average molecular weight is 304 g/mol. The first kappa shape index (κ1) is 13.9. The summed E-state index contributed by atoms with van der Waals surface area (Å²) < 4.78 is 17.1. The van der Waals surface area contributed by atoms with Gasteiger partial charge >= 0.3 is 114 Å². The molecular formula is C9H14BN2O7P. The van der Waals surface area contributed by atoms with E-state index in [9.17, 15) is 14.8 Å². The summed E-state index contributed by atoms with van der Waals surface area (Å²) in [5, 5.41) is 19.3. The number of rotatable bonds is 1. The van der Waals surface area contributed by atoms with Crippen molar-refractivity contribution < 1.29 is 28.9 Å². The van der Waals surface area contributed by atoms with Gasteiger partial charge < -0.3 is 0 Å². The minimum atomic E-state index is -3.25. The van der Waals surface area contributed by atoms with E-state index in [0.717, 1.165) is 4.57 Å². The SMILES string of the molecule is B[PH]1(O)OC[C@H]2O[C@@H](n3ccc(O)nc3=O)C(O)[C@@H]2O1. The summed E-state index contributed by atoms with van der Waals surface area (Å²) in [5.74, 6) is -0.411. The first-order valence-electron chi connectivity index (χ1n) is 6.03. The summed E-state index contributed by atoms with van der Waals surface area (Å²) in [5.41, 5.74) is -0.752. The number of aromatic nitrogens is 2. The molecule has 0 aromatic carbocycles. The van der Waals surface area contributed by atoms with Gasteiger partial charge in [-0.25, -0.2) is 0 Å².